The minimum absolute atomic E-state index is 0.0974. The highest BCUT2D eigenvalue weighted by Crippen LogP contribution is 2.22. The second-order valence-corrected chi connectivity index (χ2v) is 7.42. The standard InChI is InChI=1S/C19H20ClN3O2S/c1-12(17-9-21-23(3)13(17)2)22-19(24)18-7-14(11-26-18)10-25-16-6-4-5-15(20)8-16/h4-9,11-12H,10H2,1-3H3,(H,22,24). The zero-order chi connectivity index (χ0) is 18.7. The van der Waals surface area contributed by atoms with E-state index in [9.17, 15) is 4.79 Å². The number of benzene rings is 1. The summed E-state index contributed by atoms with van der Waals surface area (Å²) in [5.74, 6) is 0.607. The van der Waals surface area contributed by atoms with Crippen molar-refractivity contribution in [2.45, 2.75) is 26.5 Å². The van der Waals surface area contributed by atoms with E-state index in [-0.39, 0.29) is 11.9 Å². The van der Waals surface area contributed by atoms with E-state index in [0.717, 1.165) is 16.8 Å². The fourth-order valence-electron chi connectivity index (χ4n) is 2.58. The van der Waals surface area contributed by atoms with Crippen LogP contribution in [0.5, 0.6) is 5.75 Å². The van der Waals surface area contributed by atoms with Crippen molar-refractivity contribution in [1.29, 1.82) is 0 Å². The van der Waals surface area contributed by atoms with Gasteiger partial charge in [-0.2, -0.15) is 5.10 Å². The Kier molecular flexibility index (Phi) is 5.64. The van der Waals surface area contributed by atoms with Gasteiger partial charge in [0.05, 0.1) is 17.1 Å². The summed E-state index contributed by atoms with van der Waals surface area (Å²) >= 11 is 7.35. The Morgan fingerprint density at radius 2 is 2.23 bits per heavy atom. The van der Waals surface area contributed by atoms with E-state index in [1.54, 1.807) is 23.0 Å². The molecular formula is C19H20ClN3O2S. The maximum absolute atomic E-state index is 12.5. The van der Waals surface area contributed by atoms with Gasteiger partial charge >= 0.3 is 0 Å². The number of nitrogens with one attached hydrogen (secondary N) is 1. The second kappa shape index (κ2) is 7.93. The first kappa shape index (κ1) is 18.5. The minimum Gasteiger partial charge on any atom is -0.489 e. The lowest BCUT2D eigenvalue weighted by Crippen LogP contribution is -2.26. The molecule has 3 aromatic rings. The first-order chi connectivity index (χ1) is 12.4. The maximum atomic E-state index is 12.5. The third-order valence-corrected chi connectivity index (χ3v) is 5.38. The molecule has 0 saturated heterocycles. The van der Waals surface area contributed by atoms with Crippen LogP contribution in [0, 0.1) is 6.92 Å². The summed E-state index contributed by atoms with van der Waals surface area (Å²) in [6.07, 6.45) is 1.79. The second-order valence-electron chi connectivity index (χ2n) is 6.07. The molecule has 0 aliphatic rings. The van der Waals surface area contributed by atoms with Crippen LogP contribution in [0.25, 0.3) is 0 Å². The van der Waals surface area contributed by atoms with Crippen LogP contribution in [-0.4, -0.2) is 15.7 Å². The van der Waals surface area contributed by atoms with Crippen molar-refractivity contribution >= 4 is 28.8 Å². The molecule has 5 nitrogen and oxygen atoms in total. The number of hydrogen-bond donors (Lipinski definition) is 1. The quantitative estimate of drug-likeness (QED) is 0.674. The van der Waals surface area contributed by atoms with Crippen molar-refractivity contribution in [3.63, 3.8) is 0 Å². The van der Waals surface area contributed by atoms with Gasteiger partial charge in [-0.05, 0) is 43.5 Å². The molecule has 2 aromatic heterocycles. The predicted molar refractivity (Wildman–Crippen MR) is 104 cm³/mol. The minimum atomic E-state index is -0.107. The number of nitrogens with zero attached hydrogens (tertiary/aromatic N) is 2. The van der Waals surface area contributed by atoms with Crippen LogP contribution in [0.3, 0.4) is 0 Å². The summed E-state index contributed by atoms with van der Waals surface area (Å²) in [5, 5.41) is 9.81. The summed E-state index contributed by atoms with van der Waals surface area (Å²) < 4.78 is 7.51. The van der Waals surface area contributed by atoms with Crippen LogP contribution in [-0.2, 0) is 13.7 Å². The largest absolute Gasteiger partial charge is 0.489 e. The molecule has 7 heteroatoms. The molecule has 1 N–H and O–H groups in total. The lowest BCUT2D eigenvalue weighted by atomic mass is 10.1. The van der Waals surface area contributed by atoms with Crippen LogP contribution in [0.2, 0.25) is 5.02 Å². The SMILES string of the molecule is Cc1c(C(C)NC(=O)c2cc(COc3cccc(Cl)c3)cs2)cnn1C. The topological polar surface area (TPSA) is 56.1 Å². The first-order valence-electron chi connectivity index (χ1n) is 8.19. The number of ether oxygens (including phenoxy) is 1. The molecule has 1 aromatic carbocycles. The molecule has 0 bridgehead atoms. The summed E-state index contributed by atoms with van der Waals surface area (Å²) in [7, 11) is 1.89. The molecular weight excluding hydrogens is 370 g/mol. The molecule has 0 saturated carbocycles. The van der Waals surface area contributed by atoms with Gasteiger partial charge < -0.3 is 10.1 Å². The number of carbonyl (C=O) groups is 1. The molecule has 1 amide bonds. The molecule has 1 unspecified atom stereocenters. The van der Waals surface area contributed by atoms with Gasteiger partial charge in [0.25, 0.3) is 5.91 Å². The molecule has 3 rings (SSSR count). The maximum Gasteiger partial charge on any atom is 0.261 e. The third-order valence-electron chi connectivity index (χ3n) is 4.17. The van der Waals surface area contributed by atoms with Gasteiger partial charge in [-0.3, -0.25) is 9.48 Å². The molecule has 0 fully saturated rings. The fourth-order valence-corrected chi connectivity index (χ4v) is 3.56. The lowest BCUT2D eigenvalue weighted by molar-refractivity contribution is 0.0944. The van der Waals surface area contributed by atoms with Gasteiger partial charge in [-0.15, -0.1) is 11.3 Å². The van der Waals surface area contributed by atoms with E-state index in [1.807, 2.05) is 44.5 Å². The smallest absolute Gasteiger partial charge is 0.261 e. The number of aryl methyl sites for hydroxylation is 1. The van der Waals surface area contributed by atoms with E-state index in [4.69, 9.17) is 16.3 Å². The average molecular weight is 390 g/mol. The van der Waals surface area contributed by atoms with E-state index in [0.29, 0.717) is 22.3 Å². The molecule has 0 aliphatic heterocycles. The fraction of sp³-hybridized carbons (Fsp3) is 0.263. The molecule has 0 spiro atoms. The normalized spacial score (nSPS) is 12.0. The van der Waals surface area contributed by atoms with Crippen molar-refractivity contribution < 1.29 is 9.53 Å². The molecule has 0 radical (unpaired) electrons. The summed E-state index contributed by atoms with van der Waals surface area (Å²) in [4.78, 5) is 13.1. The summed E-state index contributed by atoms with van der Waals surface area (Å²) in [5.41, 5.74) is 3.01. The predicted octanol–water partition coefficient (Wildman–Crippen LogP) is 4.51. The number of amides is 1. The summed E-state index contributed by atoms with van der Waals surface area (Å²) in [6, 6.07) is 9.00. The Hall–Kier alpha value is -2.31. The number of hydrogen-bond acceptors (Lipinski definition) is 4. The number of halogens is 1. The Labute approximate surface area is 161 Å². The Bertz CT molecular complexity index is 919. The number of rotatable bonds is 6. The van der Waals surface area contributed by atoms with Crippen molar-refractivity contribution in [2.24, 2.45) is 7.05 Å². The number of thiophene rings is 1. The van der Waals surface area contributed by atoms with Gasteiger partial charge in [0.1, 0.15) is 12.4 Å². The Balaban J connectivity index is 1.60. The van der Waals surface area contributed by atoms with Crippen molar-refractivity contribution in [2.75, 3.05) is 0 Å². The average Bonchev–Trinajstić information content (AvgIpc) is 3.21. The van der Waals surface area contributed by atoms with Gasteiger partial charge in [0.15, 0.2) is 0 Å². The van der Waals surface area contributed by atoms with Crippen molar-refractivity contribution in [3.05, 3.63) is 68.6 Å². The zero-order valence-corrected chi connectivity index (χ0v) is 16.4. The molecule has 1 atom stereocenters. The van der Waals surface area contributed by atoms with E-state index in [2.05, 4.69) is 10.4 Å². The number of carbonyl (C=O) groups excluding carboxylic acids is 1. The lowest BCUT2D eigenvalue weighted by Gasteiger charge is -2.13. The Morgan fingerprint density at radius 1 is 1.42 bits per heavy atom. The van der Waals surface area contributed by atoms with Gasteiger partial charge in [0, 0.05) is 28.9 Å². The molecule has 136 valence electrons. The van der Waals surface area contributed by atoms with Gasteiger partial charge in [-0.1, -0.05) is 17.7 Å². The number of aromatic nitrogens is 2. The highest BCUT2D eigenvalue weighted by Gasteiger charge is 2.17. The molecule has 0 aliphatic carbocycles. The monoisotopic (exact) mass is 389 g/mol. The first-order valence-corrected chi connectivity index (χ1v) is 9.45. The summed E-state index contributed by atoms with van der Waals surface area (Å²) in [6.45, 7) is 4.33. The van der Waals surface area contributed by atoms with Gasteiger partial charge in [0.2, 0.25) is 0 Å². The van der Waals surface area contributed by atoms with Crippen LogP contribution >= 0.6 is 22.9 Å². The van der Waals surface area contributed by atoms with Crippen molar-refractivity contribution in [1.82, 2.24) is 15.1 Å². The highest BCUT2D eigenvalue weighted by molar-refractivity contribution is 7.12. The third kappa shape index (κ3) is 4.26. The van der Waals surface area contributed by atoms with Crippen LogP contribution in [0.1, 0.15) is 39.5 Å². The zero-order valence-electron chi connectivity index (χ0n) is 14.8. The van der Waals surface area contributed by atoms with Crippen molar-refractivity contribution in [3.8, 4) is 5.75 Å². The van der Waals surface area contributed by atoms with Crippen LogP contribution < -0.4 is 10.1 Å². The Morgan fingerprint density at radius 3 is 2.92 bits per heavy atom. The van der Waals surface area contributed by atoms with E-state index < -0.39 is 0 Å². The van der Waals surface area contributed by atoms with E-state index >= 15 is 0 Å². The molecule has 26 heavy (non-hydrogen) atoms. The van der Waals surface area contributed by atoms with Crippen LogP contribution in [0.15, 0.2) is 41.9 Å². The van der Waals surface area contributed by atoms with Gasteiger partial charge in [-0.25, -0.2) is 0 Å². The van der Waals surface area contributed by atoms with E-state index in [1.165, 1.54) is 11.3 Å². The molecule has 2 heterocycles. The van der Waals surface area contributed by atoms with Crippen LogP contribution in [0.4, 0.5) is 0 Å². The highest BCUT2D eigenvalue weighted by atomic mass is 35.5.